The first-order chi connectivity index (χ1) is 14.6. The van der Waals surface area contributed by atoms with Gasteiger partial charge in [-0.3, -0.25) is 4.98 Å². The van der Waals surface area contributed by atoms with Gasteiger partial charge in [-0.05, 0) is 68.5 Å². The molecule has 7 heteroatoms. The summed E-state index contributed by atoms with van der Waals surface area (Å²) in [5, 5.41) is 13.3. The molecule has 1 aromatic carbocycles. The Balaban J connectivity index is 1.49. The van der Waals surface area contributed by atoms with E-state index in [2.05, 4.69) is 10.3 Å². The van der Waals surface area contributed by atoms with Gasteiger partial charge in [0.25, 0.3) is 0 Å². The molecule has 2 aliphatic rings. The lowest BCUT2D eigenvalue weighted by atomic mass is 10.0. The first-order valence-electron chi connectivity index (χ1n) is 10.5. The van der Waals surface area contributed by atoms with Crippen molar-refractivity contribution in [1.82, 2.24) is 9.97 Å². The number of anilines is 2. The molecule has 3 aromatic rings. The van der Waals surface area contributed by atoms with Gasteiger partial charge in [0.1, 0.15) is 23.0 Å². The Bertz CT molecular complexity index is 1080. The number of benzene rings is 1. The quantitative estimate of drug-likeness (QED) is 0.660. The highest BCUT2D eigenvalue weighted by Gasteiger charge is 2.30. The van der Waals surface area contributed by atoms with Crippen molar-refractivity contribution in [2.75, 3.05) is 16.8 Å². The van der Waals surface area contributed by atoms with Crippen molar-refractivity contribution in [3.05, 3.63) is 59.8 Å². The molecule has 2 aromatic heterocycles. The third-order valence-electron chi connectivity index (χ3n) is 6.20. The smallest absolute Gasteiger partial charge is 0.129 e. The second kappa shape index (κ2) is 7.80. The largest absolute Gasteiger partial charge is 0.393 e. The Morgan fingerprint density at radius 2 is 1.97 bits per heavy atom. The summed E-state index contributed by atoms with van der Waals surface area (Å²) < 4.78 is 28.2. The average molecular weight is 410 g/mol. The van der Waals surface area contributed by atoms with Gasteiger partial charge < -0.3 is 15.3 Å². The molecular formula is C23H24F2N4O. The van der Waals surface area contributed by atoms with E-state index in [4.69, 9.17) is 4.98 Å². The Morgan fingerprint density at radius 3 is 2.80 bits per heavy atom. The minimum absolute atomic E-state index is 0.206. The Labute approximate surface area is 173 Å². The molecule has 1 saturated heterocycles. The lowest BCUT2D eigenvalue weighted by molar-refractivity contribution is 0.182. The monoisotopic (exact) mass is 410 g/mol. The number of nitrogens with one attached hydrogen (secondary N) is 1. The van der Waals surface area contributed by atoms with Gasteiger partial charge in [0.2, 0.25) is 0 Å². The van der Waals surface area contributed by atoms with Crippen LogP contribution < -0.4 is 10.2 Å². The van der Waals surface area contributed by atoms with Gasteiger partial charge in [-0.1, -0.05) is 0 Å². The summed E-state index contributed by atoms with van der Waals surface area (Å²) >= 11 is 0. The van der Waals surface area contributed by atoms with Crippen LogP contribution in [0.4, 0.5) is 20.3 Å². The zero-order chi connectivity index (χ0) is 20.7. The summed E-state index contributed by atoms with van der Waals surface area (Å²) in [6.45, 7) is 0.733. The van der Waals surface area contributed by atoms with Gasteiger partial charge in [-0.2, -0.15) is 0 Å². The second-order valence-corrected chi connectivity index (χ2v) is 8.22. The molecule has 3 atom stereocenters. The molecular weight excluding hydrogens is 386 g/mol. The maximum absolute atomic E-state index is 14.4. The van der Waals surface area contributed by atoms with Crippen molar-refractivity contribution in [2.24, 2.45) is 0 Å². The van der Waals surface area contributed by atoms with E-state index < -0.39 is 11.6 Å². The van der Waals surface area contributed by atoms with Crippen molar-refractivity contribution in [3.63, 3.8) is 0 Å². The maximum atomic E-state index is 14.4. The molecule has 1 saturated carbocycles. The SMILES string of the molecule is OC1CCC(Nc2ccnc3ccc(N4CCC[C@@H]4c4cc(F)ccc4F)nc23)C1. The number of hydrogen-bond acceptors (Lipinski definition) is 5. The molecule has 2 fully saturated rings. The van der Waals surface area contributed by atoms with Crippen molar-refractivity contribution < 1.29 is 13.9 Å². The summed E-state index contributed by atoms with van der Waals surface area (Å²) in [5.41, 5.74) is 2.78. The third kappa shape index (κ3) is 3.58. The van der Waals surface area contributed by atoms with E-state index in [9.17, 15) is 13.9 Å². The average Bonchev–Trinajstić information content (AvgIpc) is 3.39. The molecule has 2 N–H and O–H groups in total. The van der Waals surface area contributed by atoms with E-state index in [-0.39, 0.29) is 18.2 Å². The zero-order valence-corrected chi connectivity index (χ0v) is 16.6. The zero-order valence-electron chi connectivity index (χ0n) is 16.6. The van der Waals surface area contributed by atoms with E-state index in [1.54, 1.807) is 6.20 Å². The van der Waals surface area contributed by atoms with E-state index in [0.717, 1.165) is 67.3 Å². The van der Waals surface area contributed by atoms with Gasteiger partial charge >= 0.3 is 0 Å². The van der Waals surface area contributed by atoms with E-state index >= 15 is 0 Å². The van der Waals surface area contributed by atoms with Gasteiger partial charge in [0.15, 0.2) is 0 Å². The summed E-state index contributed by atoms with van der Waals surface area (Å²) in [5.74, 6) is -0.0896. The minimum atomic E-state index is -0.431. The number of rotatable bonds is 4. The lowest BCUT2D eigenvalue weighted by Gasteiger charge is -2.27. The van der Waals surface area contributed by atoms with Crippen LogP contribution in [0.5, 0.6) is 0 Å². The number of halogens is 2. The number of aliphatic hydroxyl groups excluding tert-OH is 1. The Kier molecular flexibility index (Phi) is 4.98. The Hall–Kier alpha value is -2.80. The second-order valence-electron chi connectivity index (χ2n) is 8.22. The molecule has 30 heavy (non-hydrogen) atoms. The van der Waals surface area contributed by atoms with Gasteiger partial charge in [0.05, 0.1) is 23.3 Å². The van der Waals surface area contributed by atoms with E-state index in [0.29, 0.717) is 5.56 Å². The number of nitrogens with zero attached hydrogens (tertiary/aromatic N) is 3. The lowest BCUT2D eigenvalue weighted by Crippen LogP contribution is -2.24. The summed E-state index contributed by atoms with van der Waals surface area (Å²) in [6.07, 6.45) is 5.56. The number of hydrogen-bond donors (Lipinski definition) is 2. The van der Waals surface area contributed by atoms with Crippen molar-refractivity contribution >= 4 is 22.5 Å². The molecule has 3 heterocycles. The molecule has 1 aliphatic carbocycles. The van der Waals surface area contributed by atoms with Crippen LogP contribution in [-0.2, 0) is 0 Å². The fraction of sp³-hybridized carbons (Fsp3) is 0.391. The van der Waals surface area contributed by atoms with Crippen molar-refractivity contribution in [3.8, 4) is 0 Å². The maximum Gasteiger partial charge on any atom is 0.129 e. The number of aromatic nitrogens is 2. The fourth-order valence-corrected chi connectivity index (χ4v) is 4.73. The van der Waals surface area contributed by atoms with E-state index in [1.807, 2.05) is 23.1 Å². The molecule has 156 valence electrons. The molecule has 5 rings (SSSR count). The first-order valence-corrected chi connectivity index (χ1v) is 10.5. The number of pyridine rings is 2. The van der Waals surface area contributed by atoms with Crippen LogP contribution in [0.2, 0.25) is 0 Å². The van der Waals surface area contributed by atoms with Crippen LogP contribution in [0.1, 0.15) is 43.7 Å². The predicted molar refractivity (Wildman–Crippen MR) is 112 cm³/mol. The molecule has 0 spiro atoms. The summed E-state index contributed by atoms with van der Waals surface area (Å²) in [7, 11) is 0. The van der Waals surface area contributed by atoms with Crippen molar-refractivity contribution in [2.45, 2.75) is 50.3 Å². The molecule has 0 bridgehead atoms. The topological polar surface area (TPSA) is 61.3 Å². The van der Waals surface area contributed by atoms with E-state index in [1.165, 1.54) is 12.1 Å². The number of fused-ring (bicyclic) bond motifs is 1. The highest BCUT2D eigenvalue weighted by atomic mass is 19.1. The van der Waals surface area contributed by atoms with Crippen LogP contribution in [0, 0.1) is 11.6 Å². The third-order valence-corrected chi connectivity index (χ3v) is 6.20. The van der Waals surface area contributed by atoms with Gasteiger partial charge in [-0.25, -0.2) is 13.8 Å². The minimum Gasteiger partial charge on any atom is -0.393 e. The van der Waals surface area contributed by atoms with Gasteiger partial charge in [0, 0.05) is 24.3 Å². The van der Waals surface area contributed by atoms with Crippen LogP contribution >= 0.6 is 0 Å². The fourth-order valence-electron chi connectivity index (χ4n) is 4.73. The van der Waals surface area contributed by atoms with Crippen LogP contribution in [0.3, 0.4) is 0 Å². The van der Waals surface area contributed by atoms with Crippen LogP contribution in [-0.4, -0.2) is 33.8 Å². The normalized spacial score (nSPS) is 24.0. The summed E-state index contributed by atoms with van der Waals surface area (Å²) in [4.78, 5) is 11.3. The molecule has 0 amide bonds. The van der Waals surface area contributed by atoms with Gasteiger partial charge in [-0.15, -0.1) is 0 Å². The molecule has 5 nitrogen and oxygen atoms in total. The highest BCUT2D eigenvalue weighted by molar-refractivity contribution is 5.88. The van der Waals surface area contributed by atoms with Crippen molar-refractivity contribution in [1.29, 1.82) is 0 Å². The molecule has 1 aliphatic heterocycles. The van der Waals surface area contributed by atoms with Crippen LogP contribution in [0.25, 0.3) is 11.0 Å². The molecule has 2 unspecified atom stereocenters. The highest BCUT2D eigenvalue weighted by Crippen LogP contribution is 2.37. The Morgan fingerprint density at radius 1 is 1.07 bits per heavy atom. The standard InChI is InChI=1S/C23H24F2N4O/c24-14-3-6-18(25)17(12-14)21-2-1-11-29(21)22-8-7-19-23(28-22)20(9-10-26-19)27-15-4-5-16(30)13-15/h3,6-10,12,15-16,21,30H,1-2,4-5,11,13H2,(H,26,27)/t15?,16?,21-/m1/s1. The predicted octanol–water partition coefficient (Wildman–Crippen LogP) is 4.57. The molecule has 0 radical (unpaired) electrons. The first kappa shape index (κ1) is 19.2. The number of aliphatic hydroxyl groups is 1. The van der Waals surface area contributed by atoms with Crippen LogP contribution in [0.15, 0.2) is 42.6 Å². The summed E-state index contributed by atoms with van der Waals surface area (Å²) in [6, 6.07) is 9.31.